The zero-order valence-electron chi connectivity index (χ0n) is 22.3. The number of anilines is 1. The van der Waals surface area contributed by atoms with E-state index in [-0.39, 0.29) is 22.1 Å². The lowest BCUT2D eigenvalue weighted by atomic mass is 10.0. The molecule has 4 aromatic carbocycles. The molecule has 0 fully saturated rings. The van der Waals surface area contributed by atoms with Crippen LogP contribution in [0.2, 0.25) is 0 Å². The van der Waals surface area contributed by atoms with E-state index >= 15 is 0 Å². The highest BCUT2D eigenvalue weighted by Gasteiger charge is 2.24. The van der Waals surface area contributed by atoms with E-state index in [4.69, 9.17) is 10.3 Å². The first-order valence-corrected chi connectivity index (χ1v) is 13.9. The first-order chi connectivity index (χ1) is 19.5. The largest absolute Gasteiger partial charge is 0.505 e. The number of phenolic OH excluding ortho intramolecular Hbond substituents is 1. The van der Waals surface area contributed by atoms with Crippen molar-refractivity contribution in [2.45, 2.75) is 32.1 Å². The van der Waals surface area contributed by atoms with E-state index in [1.165, 1.54) is 6.07 Å². The molecule has 0 saturated carbocycles. The summed E-state index contributed by atoms with van der Waals surface area (Å²) in [5.74, 6) is 0.225. The Bertz CT molecular complexity index is 1950. The third kappa shape index (κ3) is 5.66. The number of benzene rings is 4. The smallest absolute Gasteiger partial charge is 0.296 e. The van der Waals surface area contributed by atoms with Gasteiger partial charge in [-0.3, -0.25) is 4.55 Å². The molecule has 0 aliphatic carbocycles. The number of aryl methyl sites for hydroxylation is 3. The number of aromatic nitrogens is 2. The molecule has 4 N–H and O–H groups in total. The lowest BCUT2D eigenvalue weighted by Gasteiger charge is -2.13. The number of hydrogen-bond donors (Lipinski definition) is 3. The molecule has 13 heteroatoms. The predicted molar refractivity (Wildman–Crippen MR) is 153 cm³/mol. The average Bonchev–Trinajstić information content (AvgIpc) is 3.42. The summed E-state index contributed by atoms with van der Waals surface area (Å²) in [5, 5.41) is 32.1. The van der Waals surface area contributed by atoms with E-state index in [0.717, 1.165) is 5.56 Å². The second kappa shape index (κ2) is 10.9. The summed E-state index contributed by atoms with van der Waals surface area (Å²) in [7, 11) is -4.82. The molecular formula is C28H25N7O5S. The number of phenols is 1. The average molecular weight is 572 g/mol. The fraction of sp³-hybridized carbons (Fsp3) is 0.143. The molecule has 0 aliphatic heterocycles. The maximum Gasteiger partial charge on any atom is 0.296 e. The Kier molecular flexibility index (Phi) is 7.30. The van der Waals surface area contributed by atoms with Crippen molar-refractivity contribution in [3.05, 3.63) is 77.7 Å². The van der Waals surface area contributed by atoms with Crippen molar-refractivity contribution in [1.82, 2.24) is 10.1 Å². The van der Waals surface area contributed by atoms with E-state index in [2.05, 4.69) is 30.6 Å². The SMILES string of the molecule is CCc1nc(-c2cccc(N=Nc3c(S(=O)(=O)O)cc4cc(C)c(N=Nc5ccc(C)cc5)c(N)c4c3O)c2)no1. The molecule has 1 heterocycles. The Hall–Kier alpha value is -5.01. The lowest BCUT2D eigenvalue weighted by molar-refractivity contribution is 0.383. The van der Waals surface area contributed by atoms with Crippen molar-refractivity contribution < 1.29 is 22.6 Å². The number of rotatable bonds is 7. The normalized spacial score (nSPS) is 12.2. The highest BCUT2D eigenvalue weighted by Crippen LogP contribution is 2.47. The van der Waals surface area contributed by atoms with Gasteiger partial charge < -0.3 is 15.4 Å². The van der Waals surface area contributed by atoms with Gasteiger partial charge in [0, 0.05) is 12.0 Å². The quantitative estimate of drug-likeness (QED) is 0.102. The standard InChI is InChI=1S/C28H25N7O5S/c1-4-22-30-28(35-40-22)17-6-5-7-20(13-17)32-34-26-21(41(37,38)39)14-18-12-16(3)25(24(29)23(18)27(26)36)33-31-19-10-8-15(2)9-11-19/h5-14,36H,4,29H2,1-3H3,(H,37,38,39). The van der Waals surface area contributed by atoms with Crippen LogP contribution in [-0.2, 0) is 16.5 Å². The maximum atomic E-state index is 12.3. The minimum absolute atomic E-state index is 0.0533. The van der Waals surface area contributed by atoms with Crippen LogP contribution >= 0.6 is 0 Å². The molecule has 5 aromatic rings. The van der Waals surface area contributed by atoms with E-state index in [0.29, 0.717) is 40.6 Å². The fourth-order valence-corrected chi connectivity index (χ4v) is 4.82. The molecule has 12 nitrogen and oxygen atoms in total. The van der Waals surface area contributed by atoms with Gasteiger partial charge in [-0.25, -0.2) is 0 Å². The van der Waals surface area contributed by atoms with Crippen LogP contribution in [0.4, 0.5) is 28.4 Å². The molecule has 0 atom stereocenters. The van der Waals surface area contributed by atoms with Crippen molar-refractivity contribution >= 4 is 49.3 Å². The minimum atomic E-state index is -4.82. The number of aromatic hydroxyl groups is 1. The summed E-state index contributed by atoms with van der Waals surface area (Å²) in [6.45, 7) is 5.56. The van der Waals surface area contributed by atoms with Gasteiger partial charge in [0.05, 0.1) is 22.4 Å². The first-order valence-electron chi connectivity index (χ1n) is 12.4. The Morgan fingerprint density at radius 3 is 2.32 bits per heavy atom. The van der Waals surface area contributed by atoms with Crippen molar-refractivity contribution in [2.24, 2.45) is 20.5 Å². The number of nitrogens with zero attached hydrogens (tertiary/aromatic N) is 6. The molecule has 0 unspecified atom stereocenters. The molecule has 41 heavy (non-hydrogen) atoms. The van der Waals surface area contributed by atoms with E-state index in [1.54, 1.807) is 49.4 Å². The fourth-order valence-electron chi connectivity index (χ4n) is 4.16. The number of hydrogen-bond acceptors (Lipinski definition) is 11. The monoisotopic (exact) mass is 571 g/mol. The van der Waals surface area contributed by atoms with E-state index < -0.39 is 26.5 Å². The summed E-state index contributed by atoms with van der Waals surface area (Å²) in [4.78, 5) is 3.65. The molecule has 5 rings (SSSR count). The van der Waals surface area contributed by atoms with Gasteiger partial charge in [0.25, 0.3) is 10.1 Å². The van der Waals surface area contributed by atoms with Crippen LogP contribution in [-0.4, -0.2) is 28.2 Å². The van der Waals surface area contributed by atoms with Gasteiger partial charge in [0.2, 0.25) is 11.7 Å². The van der Waals surface area contributed by atoms with Gasteiger partial charge in [0.1, 0.15) is 16.3 Å². The highest BCUT2D eigenvalue weighted by atomic mass is 32.2. The predicted octanol–water partition coefficient (Wildman–Crippen LogP) is 7.43. The number of fused-ring (bicyclic) bond motifs is 1. The minimum Gasteiger partial charge on any atom is -0.505 e. The van der Waals surface area contributed by atoms with Gasteiger partial charge in [-0.15, -0.1) is 10.2 Å². The first kappa shape index (κ1) is 27.6. The molecule has 0 radical (unpaired) electrons. The summed E-state index contributed by atoms with van der Waals surface area (Å²) in [6.07, 6.45) is 0.573. The third-order valence-electron chi connectivity index (χ3n) is 6.26. The molecule has 0 aliphatic rings. The Balaban J connectivity index is 1.61. The maximum absolute atomic E-state index is 12.3. The zero-order valence-corrected chi connectivity index (χ0v) is 23.1. The summed E-state index contributed by atoms with van der Waals surface area (Å²) in [5.41, 5.74) is 9.40. The van der Waals surface area contributed by atoms with Gasteiger partial charge in [-0.1, -0.05) is 41.9 Å². The second-order valence-electron chi connectivity index (χ2n) is 9.25. The molecule has 0 saturated heterocycles. The number of azo groups is 2. The van der Waals surface area contributed by atoms with Gasteiger partial charge >= 0.3 is 0 Å². The Morgan fingerprint density at radius 2 is 1.63 bits per heavy atom. The Morgan fingerprint density at radius 1 is 0.927 bits per heavy atom. The van der Waals surface area contributed by atoms with Crippen LogP contribution < -0.4 is 5.73 Å². The number of nitrogens with two attached hydrogens (primary N) is 1. The second-order valence-corrected chi connectivity index (χ2v) is 10.6. The van der Waals surface area contributed by atoms with Gasteiger partial charge in [-0.2, -0.15) is 23.6 Å². The van der Waals surface area contributed by atoms with E-state index in [1.807, 2.05) is 26.0 Å². The van der Waals surface area contributed by atoms with Crippen LogP contribution in [0.5, 0.6) is 5.75 Å². The van der Waals surface area contributed by atoms with Gasteiger partial charge in [-0.05, 0) is 61.2 Å². The summed E-state index contributed by atoms with van der Waals surface area (Å²) < 4.78 is 39.7. The van der Waals surface area contributed by atoms with Crippen LogP contribution in [0.3, 0.4) is 0 Å². The van der Waals surface area contributed by atoms with Crippen LogP contribution in [0.15, 0.2) is 90.5 Å². The molecule has 0 bridgehead atoms. The van der Waals surface area contributed by atoms with Crippen LogP contribution in [0.1, 0.15) is 23.9 Å². The van der Waals surface area contributed by atoms with Crippen molar-refractivity contribution in [3.8, 4) is 17.1 Å². The molecule has 0 spiro atoms. The topological polar surface area (TPSA) is 189 Å². The molecule has 0 amide bonds. The summed E-state index contributed by atoms with van der Waals surface area (Å²) in [6, 6.07) is 16.8. The van der Waals surface area contributed by atoms with Crippen molar-refractivity contribution in [2.75, 3.05) is 5.73 Å². The lowest BCUT2D eigenvalue weighted by Crippen LogP contribution is -2.00. The summed E-state index contributed by atoms with van der Waals surface area (Å²) >= 11 is 0. The Labute approximate surface area is 235 Å². The molecule has 1 aromatic heterocycles. The highest BCUT2D eigenvalue weighted by molar-refractivity contribution is 7.86. The molecular weight excluding hydrogens is 546 g/mol. The van der Waals surface area contributed by atoms with Crippen molar-refractivity contribution in [1.29, 1.82) is 0 Å². The van der Waals surface area contributed by atoms with Gasteiger partial charge in [0.15, 0.2) is 5.75 Å². The van der Waals surface area contributed by atoms with Crippen molar-refractivity contribution in [3.63, 3.8) is 0 Å². The van der Waals surface area contributed by atoms with Crippen LogP contribution in [0, 0.1) is 13.8 Å². The zero-order chi connectivity index (χ0) is 29.3. The number of nitrogen functional groups attached to an aromatic ring is 1. The molecule has 208 valence electrons. The third-order valence-corrected chi connectivity index (χ3v) is 7.12. The van der Waals surface area contributed by atoms with E-state index in [9.17, 15) is 18.1 Å². The van der Waals surface area contributed by atoms with Crippen LogP contribution in [0.25, 0.3) is 22.2 Å².